The van der Waals surface area contributed by atoms with Crippen molar-refractivity contribution in [2.45, 2.75) is 51.0 Å². The average Bonchev–Trinajstić information content (AvgIpc) is 2.98. The number of hydrogen-bond donors (Lipinski definition) is 2. The van der Waals surface area contributed by atoms with E-state index in [9.17, 15) is 4.79 Å². The fourth-order valence-electron chi connectivity index (χ4n) is 3.15. The van der Waals surface area contributed by atoms with E-state index in [0.717, 1.165) is 38.8 Å². The fraction of sp³-hybridized carbons (Fsp3) is 0.929. The zero-order chi connectivity index (χ0) is 13.0. The molecule has 4 nitrogen and oxygen atoms in total. The molecule has 0 spiro atoms. The molecule has 0 aromatic carbocycles. The minimum atomic E-state index is -0.576. The molecule has 2 aliphatic rings. The van der Waals surface area contributed by atoms with Crippen LogP contribution in [0.5, 0.6) is 0 Å². The first kappa shape index (κ1) is 20.0. The number of nitrogens with two attached hydrogens (primary N) is 1. The van der Waals surface area contributed by atoms with Crippen LogP contribution in [0.15, 0.2) is 0 Å². The number of likely N-dealkylation sites (tertiary alicyclic amines) is 1. The third kappa shape index (κ3) is 5.40. The SMILES string of the molecule is CC(CNC(=O)C1(N)CCCC1)CN1CCCC1.Cl.Cl. The molecule has 0 aromatic heterocycles. The van der Waals surface area contributed by atoms with Crippen LogP contribution >= 0.6 is 24.8 Å². The second-order valence-electron chi connectivity index (χ2n) is 6.19. The van der Waals surface area contributed by atoms with Crippen molar-refractivity contribution in [2.24, 2.45) is 11.7 Å². The highest BCUT2D eigenvalue weighted by molar-refractivity contribution is 5.86. The molecule has 1 saturated carbocycles. The Morgan fingerprint density at radius 2 is 1.75 bits per heavy atom. The Balaban J connectivity index is 0.00000180. The molecule has 3 N–H and O–H groups in total. The van der Waals surface area contributed by atoms with Gasteiger partial charge < -0.3 is 16.0 Å². The number of amides is 1. The van der Waals surface area contributed by atoms with Gasteiger partial charge in [0.1, 0.15) is 0 Å². The van der Waals surface area contributed by atoms with Crippen molar-refractivity contribution in [3.8, 4) is 0 Å². The van der Waals surface area contributed by atoms with Crippen molar-refractivity contribution in [1.29, 1.82) is 0 Å². The van der Waals surface area contributed by atoms with Gasteiger partial charge in [-0.3, -0.25) is 4.79 Å². The van der Waals surface area contributed by atoms with Crippen LogP contribution in [0.3, 0.4) is 0 Å². The van der Waals surface area contributed by atoms with Crippen molar-refractivity contribution in [2.75, 3.05) is 26.2 Å². The standard InChI is InChI=1S/C14H27N3O.2ClH/c1-12(11-17-8-4-5-9-17)10-16-13(18)14(15)6-2-3-7-14;;/h12H,2-11,15H2,1H3,(H,16,18);2*1H. The fourth-order valence-corrected chi connectivity index (χ4v) is 3.15. The monoisotopic (exact) mass is 325 g/mol. The molecule has 1 aliphatic carbocycles. The van der Waals surface area contributed by atoms with Crippen LogP contribution < -0.4 is 11.1 Å². The molecule has 1 saturated heterocycles. The summed E-state index contributed by atoms with van der Waals surface area (Å²) in [5, 5.41) is 3.05. The average molecular weight is 326 g/mol. The van der Waals surface area contributed by atoms with E-state index in [0.29, 0.717) is 5.92 Å². The molecule has 0 bridgehead atoms. The van der Waals surface area contributed by atoms with Gasteiger partial charge >= 0.3 is 0 Å². The van der Waals surface area contributed by atoms with Gasteiger partial charge in [-0.2, -0.15) is 0 Å². The molecule has 2 rings (SSSR count). The largest absolute Gasteiger partial charge is 0.354 e. The van der Waals surface area contributed by atoms with Crippen molar-refractivity contribution >= 4 is 30.7 Å². The summed E-state index contributed by atoms with van der Waals surface area (Å²) in [7, 11) is 0. The molecule has 20 heavy (non-hydrogen) atoms. The first-order valence-corrected chi connectivity index (χ1v) is 7.40. The van der Waals surface area contributed by atoms with Crippen molar-refractivity contribution < 1.29 is 4.79 Å². The van der Waals surface area contributed by atoms with Crippen LogP contribution in [0.4, 0.5) is 0 Å². The van der Waals surface area contributed by atoms with Crippen LogP contribution in [0.1, 0.15) is 45.4 Å². The third-order valence-electron chi connectivity index (χ3n) is 4.33. The van der Waals surface area contributed by atoms with E-state index in [-0.39, 0.29) is 30.7 Å². The van der Waals surface area contributed by atoms with Gasteiger partial charge in [-0.1, -0.05) is 19.8 Å². The normalized spacial score (nSPS) is 22.7. The number of rotatable bonds is 5. The first-order chi connectivity index (χ1) is 8.60. The van der Waals surface area contributed by atoms with E-state index in [2.05, 4.69) is 17.1 Å². The molecule has 1 atom stereocenters. The lowest BCUT2D eigenvalue weighted by molar-refractivity contribution is -0.126. The van der Waals surface area contributed by atoms with Crippen LogP contribution in [-0.2, 0) is 4.79 Å². The van der Waals surface area contributed by atoms with Gasteiger partial charge in [-0.25, -0.2) is 0 Å². The quantitative estimate of drug-likeness (QED) is 0.812. The Kier molecular flexibility index (Phi) is 9.07. The molecular formula is C14H29Cl2N3O. The topological polar surface area (TPSA) is 58.4 Å². The van der Waals surface area contributed by atoms with Gasteiger partial charge in [0, 0.05) is 13.1 Å². The molecular weight excluding hydrogens is 297 g/mol. The molecule has 0 radical (unpaired) electrons. The molecule has 1 unspecified atom stereocenters. The molecule has 1 aliphatic heterocycles. The van der Waals surface area contributed by atoms with E-state index in [1.165, 1.54) is 25.9 Å². The van der Waals surface area contributed by atoms with E-state index in [1.54, 1.807) is 0 Å². The van der Waals surface area contributed by atoms with Gasteiger partial charge in [-0.15, -0.1) is 24.8 Å². The summed E-state index contributed by atoms with van der Waals surface area (Å²) in [5.41, 5.74) is 5.55. The zero-order valence-electron chi connectivity index (χ0n) is 12.4. The zero-order valence-corrected chi connectivity index (χ0v) is 14.0. The Labute approximate surface area is 135 Å². The molecule has 2 fully saturated rings. The van der Waals surface area contributed by atoms with E-state index in [1.807, 2.05) is 0 Å². The van der Waals surface area contributed by atoms with E-state index in [4.69, 9.17) is 5.73 Å². The first-order valence-electron chi connectivity index (χ1n) is 7.40. The third-order valence-corrected chi connectivity index (χ3v) is 4.33. The van der Waals surface area contributed by atoms with E-state index >= 15 is 0 Å². The summed E-state index contributed by atoms with van der Waals surface area (Å²) >= 11 is 0. The predicted molar refractivity (Wildman–Crippen MR) is 87.7 cm³/mol. The lowest BCUT2D eigenvalue weighted by Gasteiger charge is -2.25. The number of carbonyl (C=O) groups excluding carboxylic acids is 1. The minimum absolute atomic E-state index is 0. The van der Waals surface area contributed by atoms with Gasteiger partial charge in [0.25, 0.3) is 0 Å². The minimum Gasteiger partial charge on any atom is -0.354 e. The summed E-state index contributed by atoms with van der Waals surface area (Å²) in [5.74, 6) is 0.574. The summed E-state index contributed by atoms with van der Waals surface area (Å²) in [6, 6.07) is 0. The molecule has 0 aromatic rings. The second kappa shape index (κ2) is 9.08. The highest BCUT2D eigenvalue weighted by Gasteiger charge is 2.36. The molecule has 1 amide bonds. The highest BCUT2D eigenvalue weighted by Crippen LogP contribution is 2.27. The molecule has 6 heteroatoms. The Hall–Kier alpha value is -0.0300. The van der Waals surface area contributed by atoms with Crippen molar-refractivity contribution in [3.05, 3.63) is 0 Å². The van der Waals surface area contributed by atoms with Gasteiger partial charge in [0.15, 0.2) is 0 Å². The summed E-state index contributed by atoms with van der Waals surface area (Å²) in [6.07, 6.45) is 6.52. The van der Waals surface area contributed by atoms with Gasteiger partial charge in [-0.05, 0) is 44.7 Å². The summed E-state index contributed by atoms with van der Waals surface area (Å²) < 4.78 is 0. The smallest absolute Gasteiger partial charge is 0.240 e. The van der Waals surface area contributed by atoms with Crippen LogP contribution in [0.2, 0.25) is 0 Å². The predicted octanol–water partition coefficient (Wildman–Crippen LogP) is 1.95. The van der Waals surface area contributed by atoms with Crippen LogP contribution in [0, 0.1) is 5.92 Å². The maximum atomic E-state index is 12.1. The summed E-state index contributed by atoms with van der Waals surface area (Å²) in [4.78, 5) is 14.5. The van der Waals surface area contributed by atoms with Crippen LogP contribution in [0.25, 0.3) is 0 Å². The maximum Gasteiger partial charge on any atom is 0.240 e. The maximum absolute atomic E-state index is 12.1. The number of nitrogens with one attached hydrogen (secondary N) is 1. The van der Waals surface area contributed by atoms with E-state index < -0.39 is 5.54 Å². The van der Waals surface area contributed by atoms with Gasteiger partial charge in [0.2, 0.25) is 5.91 Å². The Morgan fingerprint density at radius 1 is 1.20 bits per heavy atom. The lowest BCUT2D eigenvalue weighted by atomic mass is 9.98. The Bertz CT molecular complexity index is 290. The van der Waals surface area contributed by atoms with Gasteiger partial charge in [0.05, 0.1) is 5.54 Å². The molecule has 1 heterocycles. The van der Waals surface area contributed by atoms with Crippen molar-refractivity contribution in [1.82, 2.24) is 10.2 Å². The Morgan fingerprint density at radius 3 is 2.30 bits per heavy atom. The number of halogens is 2. The highest BCUT2D eigenvalue weighted by atomic mass is 35.5. The van der Waals surface area contributed by atoms with Crippen LogP contribution in [-0.4, -0.2) is 42.5 Å². The number of hydrogen-bond acceptors (Lipinski definition) is 3. The number of nitrogens with zero attached hydrogens (tertiary/aromatic N) is 1. The molecule has 120 valence electrons. The lowest BCUT2D eigenvalue weighted by Crippen LogP contribution is -2.53. The summed E-state index contributed by atoms with van der Waals surface area (Å²) in [6.45, 7) is 6.50. The van der Waals surface area contributed by atoms with Crippen molar-refractivity contribution in [3.63, 3.8) is 0 Å². The second-order valence-corrected chi connectivity index (χ2v) is 6.19. The number of carbonyl (C=O) groups is 1.